The van der Waals surface area contributed by atoms with Crippen LogP contribution in [0.5, 0.6) is 5.88 Å². The van der Waals surface area contributed by atoms with Gasteiger partial charge in [0.25, 0.3) is 0 Å². The quantitative estimate of drug-likeness (QED) is 0.466. The lowest BCUT2D eigenvalue weighted by atomic mass is 10.4. The van der Waals surface area contributed by atoms with Gasteiger partial charge in [0.1, 0.15) is 6.73 Å². The largest absolute Gasteiger partial charge is 0.480 e. The molecule has 0 fully saturated rings. The maximum Gasteiger partial charge on any atom is 0.227 e. The standard InChI is InChI=1S/C13H20ClN3O2Si/c1-18-12-10-5-6-17(11(10)15-13(14)16-12)9-19-7-8-20(2,3)4/h5-6H,7-9H2,1-4H3. The first kappa shape index (κ1) is 15.3. The van der Waals surface area contributed by atoms with Crippen LogP contribution in [0, 0.1) is 0 Å². The number of ether oxygens (including phenoxy) is 2. The van der Waals surface area contributed by atoms with Crippen molar-refractivity contribution in [3.05, 3.63) is 17.5 Å². The van der Waals surface area contributed by atoms with Crippen molar-refractivity contribution in [2.75, 3.05) is 13.7 Å². The Morgan fingerprint density at radius 1 is 1.30 bits per heavy atom. The molecule has 0 unspecified atom stereocenters. The maximum absolute atomic E-state index is 5.90. The summed E-state index contributed by atoms with van der Waals surface area (Å²) in [6, 6.07) is 3.05. The van der Waals surface area contributed by atoms with Crippen LogP contribution in [-0.4, -0.2) is 36.3 Å². The van der Waals surface area contributed by atoms with Gasteiger partial charge in [0, 0.05) is 20.9 Å². The zero-order valence-electron chi connectivity index (χ0n) is 12.3. The molecule has 2 aromatic rings. The Hall–Kier alpha value is -1.11. The number of aromatic nitrogens is 3. The van der Waals surface area contributed by atoms with Crippen molar-refractivity contribution in [1.82, 2.24) is 14.5 Å². The minimum Gasteiger partial charge on any atom is -0.480 e. The summed E-state index contributed by atoms with van der Waals surface area (Å²) < 4.78 is 12.8. The fourth-order valence-electron chi connectivity index (χ4n) is 1.81. The van der Waals surface area contributed by atoms with Gasteiger partial charge in [-0.15, -0.1) is 0 Å². The molecule has 0 bridgehead atoms. The normalized spacial score (nSPS) is 12.1. The molecule has 0 spiro atoms. The second-order valence-electron chi connectivity index (χ2n) is 5.87. The topological polar surface area (TPSA) is 49.2 Å². The van der Waals surface area contributed by atoms with Gasteiger partial charge in [-0.05, 0) is 23.7 Å². The van der Waals surface area contributed by atoms with Gasteiger partial charge < -0.3 is 14.0 Å². The van der Waals surface area contributed by atoms with E-state index in [1.807, 2.05) is 16.8 Å². The van der Waals surface area contributed by atoms with Gasteiger partial charge in [-0.2, -0.15) is 9.97 Å². The lowest BCUT2D eigenvalue weighted by Crippen LogP contribution is -2.22. The Balaban J connectivity index is 2.09. The second-order valence-corrected chi connectivity index (χ2v) is 11.8. The van der Waals surface area contributed by atoms with Gasteiger partial charge in [-0.1, -0.05) is 19.6 Å². The van der Waals surface area contributed by atoms with E-state index in [0.29, 0.717) is 12.6 Å². The molecule has 0 aliphatic carbocycles. The van der Waals surface area contributed by atoms with Gasteiger partial charge in [-0.25, -0.2) is 0 Å². The van der Waals surface area contributed by atoms with E-state index >= 15 is 0 Å². The molecule has 2 heterocycles. The van der Waals surface area contributed by atoms with E-state index in [-0.39, 0.29) is 5.28 Å². The molecule has 0 aliphatic rings. The van der Waals surface area contributed by atoms with Crippen LogP contribution in [0.3, 0.4) is 0 Å². The van der Waals surface area contributed by atoms with E-state index in [1.165, 1.54) is 0 Å². The van der Waals surface area contributed by atoms with Crippen molar-refractivity contribution >= 4 is 30.7 Å². The van der Waals surface area contributed by atoms with Crippen LogP contribution >= 0.6 is 11.6 Å². The molecule has 5 nitrogen and oxygen atoms in total. The number of halogens is 1. The molecule has 0 N–H and O–H groups in total. The van der Waals surface area contributed by atoms with Gasteiger partial charge in [-0.3, -0.25) is 0 Å². The van der Waals surface area contributed by atoms with E-state index in [4.69, 9.17) is 21.1 Å². The summed E-state index contributed by atoms with van der Waals surface area (Å²) >= 11 is 5.90. The third kappa shape index (κ3) is 3.71. The van der Waals surface area contributed by atoms with Gasteiger partial charge >= 0.3 is 0 Å². The maximum atomic E-state index is 5.90. The molecule has 2 rings (SSSR count). The Labute approximate surface area is 124 Å². The lowest BCUT2D eigenvalue weighted by molar-refractivity contribution is 0.0899. The number of rotatable bonds is 6. The first-order valence-electron chi connectivity index (χ1n) is 6.55. The zero-order chi connectivity index (χ0) is 14.8. The molecule has 0 saturated heterocycles. The van der Waals surface area contributed by atoms with Gasteiger partial charge in [0.05, 0.1) is 12.5 Å². The fraction of sp³-hybridized carbons (Fsp3) is 0.538. The summed E-state index contributed by atoms with van der Waals surface area (Å²) in [5, 5.41) is 1.02. The van der Waals surface area contributed by atoms with Crippen LogP contribution in [0.2, 0.25) is 31.0 Å². The van der Waals surface area contributed by atoms with E-state index < -0.39 is 8.07 Å². The van der Waals surface area contributed by atoms with E-state index in [1.54, 1.807) is 7.11 Å². The van der Waals surface area contributed by atoms with Crippen LogP contribution in [0.1, 0.15) is 0 Å². The van der Waals surface area contributed by atoms with Gasteiger partial charge in [0.15, 0.2) is 5.65 Å². The molecule has 0 amide bonds. The summed E-state index contributed by atoms with van der Waals surface area (Å²) in [4.78, 5) is 8.28. The molecule has 0 radical (unpaired) electrons. The van der Waals surface area contributed by atoms with Crippen LogP contribution in [0.4, 0.5) is 0 Å². The highest BCUT2D eigenvalue weighted by Crippen LogP contribution is 2.24. The number of nitrogens with zero attached hydrogens (tertiary/aromatic N) is 3. The summed E-state index contributed by atoms with van der Waals surface area (Å²) in [6.45, 7) is 8.23. The summed E-state index contributed by atoms with van der Waals surface area (Å²) in [6.07, 6.45) is 1.91. The Morgan fingerprint density at radius 2 is 2.05 bits per heavy atom. The minimum atomic E-state index is -1.06. The summed E-state index contributed by atoms with van der Waals surface area (Å²) in [7, 11) is 0.512. The Morgan fingerprint density at radius 3 is 2.70 bits per heavy atom. The van der Waals surface area contributed by atoms with Crippen molar-refractivity contribution in [1.29, 1.82) is 0 Å². The van der Waals surface area contributed by atoms with Crippen LogP contribution in [0.25, 0.3) is 11.0 Å². The SMILES string of the molecule is COc1nc(Cl)nc2c1ccn2COCC[Si](C)(C)C. The van der Waals surface area contributed by atoms with Crippen LogP contribution < -0.4 is 4.74 Å². The average Bonchev–Trinajstić information content (AvgIpc) is 2.75. The van der Waals surface area contributed by atoms with E-state index in [2.05, 4.69) is 29.6 Å². The fourth-order valence-corrected chi connectivity index (χ4v) is 2.73. The number of hydrogen-bond donors (Lipinski definition) is 0. The van der Waals surface area contributed by atoms with Crippen molar-refractivity contribution in [2.24, 2.45) is 0 Å². The third-order valence-electron chi connectivity index (χ3n) is 2.98. The first-order valence-corrected chi connectivity index (χ1v) is 10.6. The Kier molecular flexibility index (Phi) is 4.67. The molecule has 7 heteroatoms. The molecular formula is C13H20ClN3O2Si. The molecular weight excluding hydrogens is 294 g/mol. The van der Waals surface area contributed by atoms with E-state index in [0.717, 1.165) is 23.7 Å². The molecule has 0 saturated carbocycles. The molecule has 0 aliphatic heterocycles. The smallest absolute Gasteiger partial charge is 0.227 e. The Bertz CT molecular complexity index is 595. The monoisotopic (exact) mass is 313 g/mol. The molecule has 110 valence electrons. The molecule has 20 heavy (non-hydrogen) atoms. The van der Waals surface area contributed by atoms with Crippen LogP contribution in [-0.2, 0) is 11.5 Å². The zero-order valence-corrected chi connectivity index (χ0v) is 14.1. The van der Waals surface area contributed by atoms with E-state index in [9.17, 15) is 0 Å². The average molecular weight is 314 g/mol. The predicted octanol–water partition coefficient (Wildman–Crippen LogP) is 3.41. The van der Waals surface area contributed by atoms with Crippen molar-refractivity contribution < 1.29 is 9.47 Å². The highest BCUT2D eigenvalue weighted by molar-refractivity contribution is 6.76. The third-order valence-corrected chi connectivity index (χ3v) is 4.85. The van der Waals surface area contributed by atoms with Crippen molar-refractivity contribution in [3.8, 4) is 5.88 Å². The summed E-state index contributed by atoms with van der Waals surface area (Å²) in [5.74, 6) is 0.487. The van der Waals surface area contributed by atoms with Gasteiger partial charge in [0.2, 0.25) is 11.2 Å². The number of methoxy groups -OCH3 is 1. The highest BCUT2D eigenvalue weighted by atomic mass is 35.5. The number of fused-ring (bicyclic) bond motifs is 1. The number of hydrogen-bond acceptors (Lipinski definition) is 4. The first-order chi connectivity index (χ1) is 9.40. The highest BCUT2D eigenvalue weighted by Gasteiger charge is 2.13. The molecule has 2 aromatic heterocycles. The molecule has 0 atom stereocenters. The minimum absolute atomic E-state index is 0.177. The molecule has 0 aromatic carbocycles. The van der Waals surface area contributed by atoms with Crippen LogP contribution in [0.15, 0.2) is 12.3 Å². The summed E-state index contributed by atoms with van der Waals surface area (Å²) in [5.41, 5.74) is 0.731. The van der Waals surface area contributed by atoms with Crippen molar-refractivity contribution in [3.63, 3.8) is 0 Å². The van der Waals surface area contributed by atoms with Crippen molar-refractivity contribution in [2.45, 2.75) is 32.4 Å². The second kappa shape index (κ2) is 6.11. The lowest BCUT2D eigenvalue weighted by Gasteiger charge is -2.15. The predicted molar refractivity (Wildman–Crippen MR) is 83.2 cm³/mol.